The standard InChI is InChI=1S/C12H16BrNO/c1-8(2)7-11(15)14-10-6-4-5-9(3)12(10)13/h4-6,8H,7H2,1-3H3,(H,14,15). The minimum atomic E-state index is 0.0660. The van der Waals surface area contributed by atoms with Crippen molar-refractivity contribution >= 4 is 27.5 Å². The van der Waals surface area contributed by atoms with E-state index in [-0.39, 0.29) is 5.91 Å². The number of rotatable bonds is 3. The first-order valence-electron chi connectivity index (χ1n) is 5.05. The molecule has 1 aromatic carbocycles. The van der Waals surface area contributed by atoms with Crippen LogP contribution in [0.2, 0.25) is 0 Å². The Morgan fingerprint density at radius 1 is 1.47 bits per heavy atom. The first-order chi connectivity index (χ1) is 7.00. The van der Waals surface area contributed by atoms with Crippen molar-refractivity contribution in [2.24, 2.45) is 5.92 Å². The highest BCUT2D eigenvalue weighted by Crippen LogP contribution is 2.25. The van der Waals surface area contributed by atoms with Gasteiger partial charge < -0.3 is 5.32 Å². The van der Waals surface area contributed by atoms with Crippen LogP contribution in [-0.4, -0.2) is 5.91 Å². The zero-order chi connectivity index (χ0) is 11.4. The fourth-order valence-corrected chi connectivity index (χ4v) is 1.68. The first-order valence-corrected chi connectivity index (χ1v) is 5.85. The SMILES string of the molecule is Cc1cccc(NC(=O)CC(C)C)c1Br. The monoisotopic (exact) mass is 269 g/mol. The van der Waals surface area contributed by atoms with E-state index in [9.17, 15) is 4.79 Å². The zero-order valence-corrected chi connectivity index (χ0v) is 10.9. The second-order valence-electron chi connectivity index (χ2n) is 4.08. The molecule has 0 heterocycles. The molecule has 1 rings (SSSR count). The molecule has 0 aliphatic carbocycles. The molecule has 0 atom stereocenters. The summed E-state index contributed by atoms with van der Waals surface area (Å²) in [4.78, 5) is 11.6. The van der Waals surface area contributed by atoms with Gasteiger partial charge in [-0.1, -0.05) is 26.0 Å². The summed E-state index contributed by atoms with van der Waals surface area (Å²) in [7, 11) is 0. The molecule has 0 spiro atoms. The summed E-state index contributed by atoms with van der Waals surface area (Å²) in [6.45, 7) is 6.07. The molecule has 1 aromatic rings. The van der Waals surface area contributed by atoms with Gasteiger partial charge in [0.25, 0.3) is 0 Å². The van der Waals surface area contributed by atoms with Crippen LogP contribution >= 0.6 is 15.9 Å². The molecule has 0 fully saturated rings. The van der Waals surface area contributed by atoms with Crippen molar-refractivity contribution in [2.45, 2.75) is 27.2 Å². The second-order valence-corrected chi connectivity index (χ2v) is 4.88. The van der Waals surface area contributed by atoms with Crippen molar-refractivity contribution in [3.63, 3.8) is 0 Å². The Morgan fingerprint density at radius 2 is 2.13 bits per heavy atom. The maximum atomic E-state index is 11.6. The van der Waals surface area contributed by atoms with E-state index >= 15 is 0 Å². The van der Waals surface area contributed by atoms with E-state index in [0.717, 1.165) is 15.7 Å². The van der Waals surface area contributed by atoms with Crippen LogP contribution in [0.5, 0.6) is 0 Å². The highest BCUT2D eigenvalue weighted by atomic mass is 79.9. The van der Waals surface area contributed by atoms with Gasteiger partial charge in [-0.15, -0.1) is 0 Å². The molecule has 0 aliphatic rings. The van der Waals surface area contributed by atoms with Crippen LogP contribution in [-0.2, 0) is 4.79 Å². The minimum absolute atomic E-state index is 0.0660. The zero-order valence-electron chi connectivity index (χ0n) is 9.30. The van der Waals surface area contributed by atoms with E-state index in [2.05, 4.69) is 21.2 Å². The summed E-state index contributed by atoms with van der Waals surface area (Å²) in [6, 6.07) is 5.84. The van der Waals surface area contributed by atoms with Crippen molar-refractivity contribution in [3.05, 3.63) is 28.2 Å². The van der Waals surface area contributed by atoms with E-state index in [1.54, 1.807) is 0 Å². The number of amides is 1. The van der Waals surface area contributed by atoms with Crippen molar-refractivity contribution in [1.82, 2.24) is 0 Å². The first kappa shape index (κ1) is 12.2. The number of carbonyl (C=O) groups is 1. The van der Waals surface area contributed by atoms with Gasteiger partial charge in [0.2, 0.25) is 5.91 Å². The van der Waals surface area contributed by atoms with Crippen molar-refractivity contribution in [1.29, 1.82) is 0 Å². The molecular weight excluding hydrogens is 254 g/mol. The molecule has 0 aliphatic heterocycles. The van der Waals surface area contributed by atoms with Crippen molar-refractivity contribution in [2.75, 3.05) is 5.32 Å². The third-order valence-electron chi connectivity index (χ3n) is 2.06. The molecule has 0 saturated carbocycles. The van der Waals surface area contributed by atoms with E-state index in [4.69, 9.17) is 0 Å². The largest absolute Gasteiger partial charge is 0.325 e. The highest BCUT2D eigenvalue weighted by Gasteiger charge is 2.08. The Kier molecular flexibility index (Phi) is 4.33. The molecule has 3 heteroatoms. The maximum absolute atomic E-state index is 11.6. The third-order valence-corrected chi connectivity index (χ3v) is 3.11. The average Bonchev–Trinajstić information content (AvgIpc) is 2.11. The third kappa shape index (κ3) is 3.67. The lowest BCUT2D eigenvalue weighted by Gasteiger charge is -2.10. The van der Waals surface area contributed by atoms with Crippen molar-refractivity contribution in [3.8, 4) is 0 Å². The van der Waals surface area contributed by atoms with E-state index < -0.39 is 0 Å². The average molecular weight is 270 g/mol. The van der Waals surface area contributed by atoms with Crippen LogP contribution in [0.15, 0.2) is 22.7 Å². The number of benzene rings is 1. The lowest BCUT2D eigenvalue weighted by molar-refractivity contribution is -0.116. The van der Waals surface area contributed by atoms with Gasteiger partial charge in [0.15, 0.2) is 0 Å². The van der Waals surface area contributed by atoms with Gasteiger partial charge in [-0.2, -0.15) is 0 Å². The lowest BCUT2D eigenvalue weighted by Crippen LogP contribution is -2.14. The summed E-state index contributed by atoms with van der Waals surface area (Å²) < 4.78 is 0.960. The van der Waals surface area contributed by atoms with Crippen LogP contribution in [0, 0.1) is 12.8 Å². The molecule has 0 unspecified atom stereocenters. The highest BCUT2D eigenvalue weighted by molar-refractivity contribution is 9.10. The second kappa shape index (κ2) is 5.31. The van der Waals surface area contributed by atoms with E-state index in [1.807, 2.05) is 39.0 Å². The number of halogens is 1. The van der Waals surface area contributed by atoms with E-state index in [0.29, 0.717) is 12.3 Å². The Balaban J connectivity index is 2.73. The quantitative estimate of drug-likeness (QED) is 0.890. The van der Waals surface area contributed by atoms with Crippen molar-refractivity contribution < 1.29 is 4.79 Å². The smallest absolute Gasteiger partial charge is 0.224 e. The fraction of sp³-hybridized carbons (Fsp3) is 0.417. The topological polar surface area (TPSA) is 29.1 Å². The lowest BCUT2D eigenvalue weighted by atomic mass is 10.1. The summed E-state index contributed by atoms with van der Waals surface area (Å²) in [5.41, 5.74) is 1.97. The number of carbonyl (C=O) groups excluding carboxylic acids is 1. The number of anilines is 1. The Labute approximate surface area is 99.2 Å². The number of hydrogen-bond donors (Lipinski definition) is 1. The normalized spacial score (nSPS) is 10.5. The number of hydrogen-bond acceptors (Lipinski definition) is 1. The minimum Gasteiger partial charge on any atom is -0.325 e. The molecular formula is C12H16BrNO. The summed E-state index contributed by atoms with van der Waals surface area (Å²) >= 11 is 3.46. The Bertz CT molecular complexity index is 361. The molecule has 2 nitrogen and oxygen atoms in total. The molecule has 0 radical (unpaired) electrons. The molecule has 15 heavy (non-hydrogen) atoms. The predicted molar refractivity (Wildman–Crippen MR) is 67.0 cm³/mol. The molecule has 0 aromatic heterocycles. The van der Waals surface area contributed by atoms with Gasteiger partial charge in [-0.05, 0) is 40.4 Å². The Morgan fingerprint density at radius 3 is 2.73 bits per heavy atom. The maximum Gasteiger partial charge on any atom is 0.224 e. The number of nitrogens with one attached hydrogen (secondary N) is 1. The summed E-state index contributed by atoms with van der Waals surface area (Å²) in [6.07, 6.45) is 0.556. The molecule has 0 bridgehead atoms. The molecule has 82 valence electrons. The molecule has 1 amide bonds. The van der Waals surface area contributed by atoms with Crippen LogP contribution in [0.4, 0.5) is 5.69 Å². The van der Waals surface area contributed by atoms with E-state index in [1.165, 1.54) is 0 Å². The van der Waals surface area contributed by atoms with Gasteiger partial charge in [0.05, 0.1) is 5.69 Å². The van der Waals surface area contributed by atoms with Crippen LogP contribution in [0.1, 0.15) is 25.8 Å². The van der Waals surface area contributed by atoms with Crippen LogP contribution in [0.3, 0.4) is 0 Å². The number of aryl methyl sites for hydroxylation is 1. The molecule has 0 saturated heterocycles. The van der Waals surface area contributed by atoms with Crippen LogP contribution < -0.4 is 5.32 Å². The van der Waals surface area contributed by atoms with Gasteiger partial charge in [-0.3, -0.25) is 4.79 Å². The summed E-state index contributed by atoms with van der Waals surface area (Å²) in [5.74, 6) is 0.449. The predicted octanol–water partition coefficient (Wildman–Crippen LogP) is 3.74. The Hall–Kier alpha value is -0.830. The van der Waals surface area contributed by atoms with Gasteiger partial charge in [0.1, 0.15) is 0 Å². The van der Waals surface area contributed by atoms with Gasteiger partial charge in [-0.25, -0.2) is 0 Å². The molecule has 1 N–H and O–H groups in total. The van der Waals surface area contributed by atoms with Gasteiger partial charge >= 0.3 is 0 Å². The van der Waals surface area contributed by atoms with Crippen LogP contribution in [0.25, 0.3) is 0 Å². The van der Waals surface area contributed by atoms with Gasteiger partial charge in [0, 0.05) is 10.9 Å². The summed E-state index contributed by atoms with van der Waals surface area (Å²) in [5, 5.41) is 2.90. The fourth-order valence-electron chi connectivity index (χ4n) is 1.32.